The molecule has 0 aliphatic heterocycles. The van der Waals surface area contributed by atoms with E-state index in [1.165, 1.54) is 12.1 Å². The Morgan fingerprint density at radius 1 is 1.32 bits per heavy atom. The summed E-state index contributed by atoms with van der Waals surface area (Å²) in [5, 5.41) is 2.92. The van der Waals surface area contributed by atoms with Gasteiger partial charge in [0.05, 0.1) is 6.42 Å². The highest BCUT2D eigenvalue weighted by Gasteiger charge is 2.15. The molecule has 1 aromatic rings. The third-order valence-corrected chi connectivity index (χ3v) is 2.26. The van der Waals surface area contributed by atoms with Crippen LogP contribution >= 0.6 is 0 Å². The van der Waals surface area contributed by atoms with Crippen LogP contribution in [0.25, 0.3) is 0 Å². The van der Waals surface area contributed by atoms with Crippen molar-refractivity contribution >= 4 is 5.97 Å². The molecular weight excluding hydrogens is 252 g/mol. The van der Waals surface area contributed by atoms with Crippen molar-refractivity contribution in [2.75, 3.05) is 6.54 Å². The first-order valence-electron chi connectivity index (χ1n) is 6.14. The van der Waals surface area contributed by atoms with Crippen LogP contribution in [0.5, 0.6) is 0 Å². The molecule has 0 fully saturated rings. The summed E-state index contributed by atoms with van der Waals surface area (Å²) >= 11 is 0. The van der Waals surface area contributed by atoms with Gasteiger partial charge in [-0.1, -0.05) is 6.07 Å². The van der Waals surface area contributed by atoms with E-state index in [4.69, 9.17) is 4.74 Å². The number of esters is 1. The average molecular weight is 271 g/mol. The van der Waals surface area contributed by atoms with E-state index in [-0.39, 0.29) is 18.9 Å². The van der Waals surface area contributed by atoms with Gasteiger partial charge in [-0.25, -0.2) is 8.78 Å². The summed E-state index contributed by atoms with van der Waals surface area (Å²) in [4.78, 5) is 11.4. The van der Waals surface area contributed by atoms with E-state index >= 15 is 0 Å². The van der Waals surface area contributed by atoms with Crippen LogP contribution in [0.3, 0.4) is 0 Å². The number of rotatable bonds is 5. The molecule has 1 aromatic carbocycles. The van der Waals surface area contributed by atoms with Gasteiger partial charge in [0.1, 0.15) is 17.2 Å². The summed E-state index contributed by atoms with van der Waals surface area (Å²) < 4.78 is 31.1. The van der Waals surface area contributed by atoms with Crippen LogP contribution in [-0.2, 0) is 16.1 Å². The molecule has 19 heavy (non-hydrogen) atoms. The third-order valence-electron chi connectivity index (χ3n) is 2.26. The zero-order chi connectivity index (χ0) is 14.5. The fraction of sp³-hybridized carbons (Fsp3) is 0.500. The zero-order valence-electron chi connectivity index (χ0n) is 11.4. The Labute approximate surface area is 112 Å². The maximum atomic E-state index is 13.3. The van der Waals surface area contributed by atoms with Crippen molar-refractivity contribution in [3.8, 4) is 0 Å². The summed E-state index contributed by atoms with van der Waals surface area (Å²) in [6.45, 7) is 6.02. The van der Waals surface area contributed by atoms with Crippen molar-refractivity contribution in [2.24, 2.45) is 0 Å². The number of carbonyl (C=O) groups excluding carboxylic acids is 1. The van der Waals surface area contributed by atoms with Crippen molar-refractivity contribution in [2.45, 2.75) is 39.3 Å². The van der Waals surface area contributed by atoms with E-state index in [0.717, 1.165) is 6.07 Å². The Bertz CT molecular complexity index is 442. The summed E-state index contributed by atoms with van der Waals surface area (Å²) in [6, 6.07) is 3.42. The summed E-state index contributed by atoms with van der Waals surface area (Å²) in [7, 11) is 0. The molecule has 0 aromatic heterocycles. The van der Waals surface area contributed by atoms with Gasteiger partial charge in [-0.15, -0.1) is 0 Å². The molecule has 0 saturated heterocycles. The predicted octanol–water partition coefficient (Wildman–Crippen LogP) is 2.79. The van der Waals surface area contributed by atoms with E-state index in [1.807, 2.05) is 0 Å². The van der Waals surface area contributed by atoms with E-state index < -0.39 is 17.2 Å². The van der Waals surface area contributed by atoms with Gasteiger partial charge in [-0.05, 0) is 26.8 Å². The fourth-order valence-electron chi connectivity index (χ4n) is 1.47. The summed E-state index contributed by atoms with van der Waals surface area (Å²) in [5.41, 5.74) is -0.134. The Hall–Kier alpha value is -1.49. The maximum absolute atomic E-state index is 13.3. The topological polar surface area (TPSA) is 38.3 Å². The van der Waals surface area contributed by atoms with Crippen LogP contribution in [-0.4, -0.2) is 18.1 Å². The van der Waals surface area contributed by atoms with Gasteiger partial charge in [0.25, 0.3) is 0 Å². The lowest BCUT2D eigenvalue weighted by Gasteiger charge is -2.19. The van der Waals surface area contributed by atoms with Crippen molar-refractivity contribution in [3.63, 3.8) is 0 Å². The van der Waals surface area contributed by atoms with Crippen molar-refractivity contribution in [3.05, 3.63) is 35.4 Å². The SMILES string of the molecule is CC(C)(C)OC(=O)CCNCc1ccc(F)cc1F. The monoisotopic (exact) mass is 271 g/mol. The van der Waals surface area contributed by atoms with Gasteiger partial charge in [0, 0.05) is 24.7 Å². The largest absolute Gasteiger partial charge is 0.460 e. The van der Waals surface area contributed by atoms with Crippen molar-refractivity contribution in [1.29, 1.82) is 0 Å². The molecule has 1 rings (SSSR count). The average Bonchev–Trinajstić information content (AvgIpc) is 2.24. The molecule has 0 aliphatic rings. The molecule has 106 valence electrons. The van der Waals surface area contributed by atoms with Gasteiger partial charge in [-0.2, -0.15) is 0 Å². The van der Waals surface area contributed by atoms with Crippen molar-refractivity contribution in [1.82, 2.24) is 5.32 Å². The highest BCUT2D eigenvalue weighted by Crippen LogP contribution is 2.10. The van der Waals surface area contributed by atoms with Crippen LogP contribution in [0.15, 0.2) is 18.2 Å². The van der Waals surface area contributed by atoms with E-state index in [1.54, 1.807) is 20.8 Å². The van der Waals surface area contributed by atoms with Crippen LogP contribution in [0.4, 0.5) is 8.78 Å². The molecule has 0 radical (unpaired) electrons. The standard InChI is InChI=1S/C14H19F2NO2/c1-14(2,3)19-13(18)6-7-17-9-10-4-5-11(15)8-12(10)16/h4-5,8,17H,6-7,9H2,1-3H3. The number of hydrogen-bond donors (Lipinski definition) is 1. The van der Waals surface area contributed by atoms with Gasteiger partial charge in [0.2, 0.25) is 0 Å². The van der Waals surface area contributed by atoms with E-state index in [2.05, 4.69) is 5.32 Å². The van der Waals surface area contributed by atoms with Gasteiger partial charge < -0.3 is 10.1 Å². The lowest BCUT2D eigenvalue weighted by Crippen LogP contribution is -2.26. The normalized spacial score (nSPS) is 11.4. The number of halogens is 2. The second kappa shape index (κ2) is 6.61. The Kier molecular flexibility index (Phi) is 5.42. The van der Waals surface area contributed by atoms with E-state index in [9.17, 15) is 13.6 Å². The molecular formula is C14H19F2NO2. The van der Waals surface area contributed by atoms with Crippen LogP contribution in [0.2, 0.25) is 0 Å². The lowest BCUT2D eigenvalue weighted by atomic mass is 10.2. The smallest absolute Gasteiger partial charge is 0.307 e. The Morgan fingerprint density at radius 3 is 2.58 bits per heavy atom. The number of ether oxygens (including phenoxy) is 1. The minimum Gasteiger partial charge on any atom is -0.460 e. The highest BCUT2D eigenvalue weighted by atomic mass is 19.1. The van der Waals surface area contributed by atoms with Gasteiger partial charge in [0.15, 0.2) is 0 Å². The number of nitrogens with one attached hydrogen (secondary N) is 1. The summed E-state index contributed by atoms with van der Waals surface area (Å²) in [5.74, 6) is -1.50. The molecule has 0 atom stereocenters. The molecule has 0 bridgehead atoms. The minimum absolute atomic E-state index is 0.208. The molecule has 0 aliphatic carbocycles. The predicted molar refractivity (Wildman–Crippen MR) is 68.5 cm³/mol. The molecule has 0 heterocycles. The zero-order valence-corrected chi connectivity index (χ0v) is 11.4. The lowest BCUT2D eigenvalue weighted by molar-refractivity contribution is -0.154. The second-order valence-corrected chi connectivity index (χ2v) is 5.25. The number of benzene rings is 1. The first kappa shape index (κ1) is 15.6. The Balaban J connectivity index is 2.29. The van der Waals surface area contributed by atoms with E-state index in [0.29, 0.717) is 12.1 Å². The molecule has 0 amide bonds. The molecule has 5 heteroatoms. The van der Waals surface area contributed by atoms with Crippen LogP contribution < -0.4 is 5.32 Å². The van der Waals surface area contributed by atoms with Crippen LogP contribution in [0, 0.1) is 11.6 Å². The first-order chi connectivity index (χ1) is 8.78. The van der Waals surface area contributed by atoms with Gasteiger partial charge in [-0.3, -0.25) is 4.79 Å². The fourth-order valence-corrected chi connectivity index (χ4v) is 1.47. The molecule has 0 spiro atoms. The first-order valence-corrected chi connectivity index (χ1v) is 6.14. The maximum Gasteiger partial charge on any atom is 0.307 e. The molecule has 1 N–H and O–H groups in total. The third kappa shape index (κ3) is 6.29. The molecule has 0 unspecified atom stereocenters. The molecule has 0 saturated carbocycles. The minimum atomic E-state index is -0.602. The van der Waals surface area contributed by atoms with Crippen molar-refractivity contribution < 1.29 is 18.3 Å². The number of carbonyl (C=O) groups is 1. The highest BCUT2D eigenvalue weighted by molar-refractivity contribution is 5.70. The van der Waals surface area contributed by atoms with Crippen LogP contribution in [0.1, 0.15) is 32.8 Å². The Morgan fingerprint density at radius 2 is 2.00 bits per heavy atom. The second-order valence-electron chi connectivity index (χ2n) is 5.25. The quantitative estimate of drug-likeness (QED) is 0.661. The molecule has 3 nitrogen and oxygen atoms in total. The van der Waals surface area contributed by atoms with Gasteiger partial charge >= 0.3 is 5.97 Å². The number of hydrogen-bond acceptors (Lipinski definition) is 3. The summed E-state index contributed by atoms with van der Waals surface area (Å²) in [6.07, 6.45) is 0.208.